The number of hydrogen-bond donors (Lipinski definition) is 3. The van der Waals surface area contributed by atoms with E-state index in [-0.39, 0.29) is 5.69 Å². The van der Waals surface area contributed by atoms with Crippen LogP contribution in [0.25, 0.3) is 0 Å². The van der Waals surface area contributed by atoms with Gasteiger partial charge in [-0.2, -0.15) is 0 Å². The van der Waals surface area contributed by atoms with E-state index < -0.39 is 17.6 Å². The number of thiazole rings is 1. The maximum absolute atomic E-state index is 12.9. The van der Waals surface area contributed by atoms with E-state index in [2.05, 4.69) is 26.1 Å². The SMILES string of the molecule is O=C(Nc1ccncc1NNC(=O)c1cscn1)c1ccc(F)cc1. The van der Waals surface area contributed by atoms with Crippen LogP contribution in [0.4, 0.5) is 15.8 Å². The maximum Gasteiger partial charge on any atom is 0.289 e. The summed E-state index contributed by atoms with van der Waals surface area (Å²) in [5, 5.41) is 4.28. The molecule has 2 aromatic heterocycles. The predicted molar refractivity (Wildman–Crippen MR) is 91.8 cm³/mol. The van der Waals surface area contributed by atoms with Crippen LogP contribution in [0.5, 0.6) is 0 Å². The molecule has 0 atom stereocenters. The largest absolute Gasteiger partial charge is 0.320 e. The fourth-order valence-electron chi connectivity index (χ4n) is 1.91. The van der Waals surface area contributed by atoms with E-state index in [0.717, 1.165) is 0 Å². The van der Waals surface area contributed by atoms with Crippen molar-refractivity contribution >= 4 is 34.5 Å². The highest BCUT2D eigenvalue weighted by atomic mass is 32.1. The fourth-order valence-corrected chi connectivity index (χ4v) is 2.44. The van der Waals surface area contributed by atoms with E-state index >= 15 is 0 Å². The Labute approximate surface area is 145 Å². The molecule has 0 saturated heterocycles. The number of aromatic nitrogens is 2. The van der Waals surface area contributed by atoms with Crippen LogP contribution in [-0.2, 0) is 0 Å². The van der Waals surface area contributed by atoms with Crippen LogP contribution < -0.4 is 16.2 Å². The first kappa shape index (κ1) is 16.5. The Morgan fingerprint density at radius 3 is 2.56 bits per heavy atom. The van der Waals surface area contributed by atoms with Crippen molar-refractivity contribution in [1.82, 2.24) is 15.4 Å². The third-order valence-electron chi connectivity index (χ3n) is 3.15. The standard InChI is InChI=1S/C16H12FN5O2S/c17-11-3-1-10(2-4-11)15(23)20-12-5-6-18-7-13(12)21-22-16(24)14-8-25-9-19-14/h1-9,21H,(H,22,24)(H,18,20,23). The van der Waals surface area contributed by atoms with Gasteiger partial charge in [0.25, 0.3) is 11.8 Å². The lowest BCUT2D eigenvalue weighted by Gasteiger charge is -2.13. The summed E-state index contributed by atoms with van der Waals surface area (Å²) in [6, 6.07) is 6.73. The molecule has 3 N–H and O–H groups in total. The normalized spacial score (nSPS) is 10.1. The van der Waals surface area contributed by atoms with Crippen LogP contribution in [0.1, 0.15) is 20.8 Å². The molecule has 0 spiro atoms. The summed E-state index contributed by atoms with van der Waals surface area (Å²) in [5.74, 6) is -1.26. The lowest BCUT2D eigenvalue weighted by Crippen LogP contribution is -2.30. The minimum atomic E-state index is -0.424. The van der Waals surface area contributed by atoms with Gasteiger partial charge in [0.1, 0.15) is 11.5 Å². The number of carbonyl (C=O) groups is 2. The van der Waals surface area contributed by atoms with Crippen molar-refractivity contribution in [3.05, 3.63) is 70.7 Å². The van der Waals surface area contributed by atoms with Gasteiger partial charge < -0.3 is 5.32 Å². The molecule has 9 heteroatoms. The van der Waals surface area contributed by atoms with Gasteiger partial charge in [-0.05, 0) is 30.3 Å². The van der Waals surface area contributed by atoms with Gasteiger partial charge >= 0.3 is 0 Å². The number of benzene rings is 1. The molecule has 7 nitrogen and oxygen atoms in total. The minimum Gasteiger partial charge on any atom is -0.320 e. The third-order valence-corrected chi connectivity index (χ3v) is 3.74. The summed E-state index contributed by atoms with van der Waals surface area (Å²) in [6.07, 6.45) is 2.94. The first-order valence-electron chi connectivity index (χ1n) is 7.09. The summed E-state index contributed by atoms with van der Waals surface area (Å²) >= 11 is 1.30. The predicted octanol–water partition coefficient (Wildman–Crippen LogP) is 2.69. The number of hydrogen-bond acceptors (Lipinski definition) is 6. The zero-order chi connectivity index (χ0) is 17.6. The molecule has 0 aliphatic heterocycles. The number of anilines is 2. The maximum atomic E-state index is 12.9. The van der Waals surface area contributed by atoms with Crippen LogP contribution in [0.2, 0.25) is 0 Å². The molecular formula is C16H12FN5O2S. The average Bonchev–Trinajstić information content (AvgIpc) is 3.16. The van der Waals surface area contributed by atoms with Crippen LogP contribution in [0, 0.1) is 5.82 Å². The molecule has 0 aliphatic carbocycles. The van der Waals surface area contributed by atoms with Crippen molar-refractivity contribution in [2.45, 2.75) is 0 Å². The van der Waals surface area contributed by atoms with Crippen molar-refractivity contribution in [2.75, 3.05) is 10.7 Å². The second-order valence-electron chi connectivity index (χ2n) is 4.84. The molecule has 3 aromatic rings. The first-order chi connectivity index (χ1) is 12.1. The van der Waals surface area contributed by atoms with Crippen molar-refractivity contribution in [3.63, 3.8) is 0 Å². The van der Waals surface area contributed by atoms with Gasteiger partial charge in [-0.3, -0.25) is 25.4 Å². The molecule has 0 aliphatic rings. The van der Waals surface area contributed by atoms with Crippen molar-refractivity contribution in [1.29, 1.82) is 0 Å². The number of halogens is 1. The lowest BCUT2D eigenvalue weighted by molar-refractivity contribution is 0.0958. The van der Waals surface area contributed by atoms with Gasteiger partial charge in [0.05, 0.1) is 23.1 Å². The Morgan fingerprint density at radius 2 is 1.84 bits per heavy atom. The Balaban J connectivity index is 1.69. The molecule has 2 heterocycles. The van der Waals surface area contributed by atoms with Gasteiger partial charge in [0.2, 0.25) is 0 Å². The molecule has 1 aromatic carbocycles. The first-order valence-corrected chi connectivity index (χ1v) is 8.03. The summed E-state index contributed by atoms with van der Waals surface area (Å²) in [5.41, 5.74) is 8.09. The van der Waals surface area contributed by atoms with Gasteiger partial charge in [0.15, 0.2) is 0 Å². The van der Waals surface area contributed by atoms with E-state index in [1.807, 2.05) is 0 Å². The van der Waals surface area contributed by atoms with Gasteiger partial charge in [-0.25, -0.2) is 9.37 Å². The Morgan fingerprint density at radius 1 is 1.04 bits per heavy atom. The Hall–Kier alpha value is -3.33. The van der Waals surface area contributed by atoms with E-state index in [4.69, 9.17) is 0 Å². The van der Waals surface area contributed by atoms with Crippen LogP contribution in [0.3, 0.4) is 0 Å². The second kappa shape index (κ2) is 7.49. The molecule has 0 unspecified atom stereocenters. The number of carbonyl (C=O) groups excluding carboxylic acids is 2. The number of amides is 2. The van der Waals surface area contributed by atoms with Gasteiger partial charge in [-0.1, -0.05) is 0 Å². The number of nitrogens with one attached hydrogen (secondary N) is 3. The van der Waals surface area contributed by atoms with Crippen LogP contribution >= 0.6 is 11.3 Å². The molecular weight excluding hydrogens is 345 g/mol. The molecule has 2 amide bonds. The quantitative estimate of drug-likeness (QED) is 0.610. The average molecular weight is 357 g/mol. The van der Waals surface area contributed by atoms with Gasteiger partial charge in [0, 0.05) is 17.1 Å². The minimum absolute atomic E-state index is 0.276. The zero-order valence-electron chi connectivity index (χ0n) is 12.7. The lowest BCUT2D eigenvalue weighted by atomic mass is 10.2. The summed E-state index contributed by atoms with van der Waals surface area (Å²) in [4.78, 5) is 32.0. The monoisotopic (exact) mass is 357 g/mol. The number of rotatable bonds is 5. The summed E-state index contributed by atoms with van der Waals surface area (Å²) in [6.45, 7) is 0. The van der Waals surface area contributed by atoms with E-state index in [1.165, 1.54) is 48.0 Å². The highest BCUT2D eigenvalue weighted by Gasteiger charge is 2.11. The second-order valence-corrected chi connectivity index (χ2v) is 5.55. The molecule has 0 fully saturated rings. The Kier molecular flexibility index (Phi) is 4.95. The fraction of sp³-hybridized carbons (Fsp3) is 0. The van der Waals surface area contributed by atoms with E-state index in [9.17, 15) is 14.0 Å². The highest BCUT2D eigenvalue weighted by molar-refractivity contribution is 7.07. The zero-order valence-corrected chi connectivity index (χ0v) is 13.5. The number of nitrogens with zero attached hydrogens (tertiary/aromatic N) is 2. The molecule has 0 radical (unpaired) electrons. The van der Waals surface area contributed by atoms with Crippen LogP contribution in [-0.4, -0.2) is 21.8 Å². The van der Waals surface area contributed by atoms with E-state index in [1.54, 1.807) is 17.0 Å². The third kappa shape index (κ3) is 4.15. The van der Waals surface area contributed by atoms with Crippen LogP contribution in [0.15, 0.2) is 53.6 Å². The van der Waals surface area contributed by atoms with Crippen molar-refractivity contribution in [3.8, 4) is 0 Å². The highest BCUT2D eigenvalue weighted by Crippen LogP contribution is 2.20. The van der Waals surface area contributed by atoms with E-state index in [0.29, 0.717) is 16.9 Å². The molecule has 0 saturated carbocycles. The summed E-state index contributed by atoms with van der Waals surface area (Å²) < 4.78 is 12.9. The Bertz CT molecular complexity index is 884. The van der Waals surface area contributed by atoms with Crippen molar-refractivity contribution < 1.29 is 14.0 Å². The van der Waals surface area contributed by atoms with Crippen molar-refractivity contribution in [2.24, 2.45) is 0 Å². The number of pyridine rings is 1. The number of hydrazine groups is 1. The molecule has 3 rings (SSSR count). The summed E-state index contributed by atoms with van der Waals surface area (Å²) in [7, 11) is 0. The smallest absolute Gasteiger partial charge is 0.289 e. The van der Waals surface area contributed by atoms with Gasteiger partial charge in [-0.15, -0.1) is 11.3 Å². The molecule has 25 heavy (non-hydrogen) atoms. The molecule has 126 valence electrons. The molecule has 0 bridgehead atoms. The topological polar surface area (TPSA) is 96.0 Å².